The van der Waals surface area contributed by atoms with Gasteiger partial charge in [0.05, 0.1) is 6.10 Å². The van der Waals surface area contributed by atoms with Gasteiger partial charge < -0.3 is 10.4 Å². The molecule has 0 saturated heterocycles. The Morgan fingerprint density at radius 1 is 1.29 bits per heavy atom. The van der Waals surface area contributed by atoms with Crippen LogP contribution in [0.15, 0.2) is 24.3 Å². The molecule has 0 aliphatic carbocycles. The third-order valence-electron chi connectivity index (χ3n) is 2.78. The monoisotopic (exact) mass is 239 g/mol. The molecule has 0 aromatic heterocycles. The number of aliphatic hydroxyl groups is 1. The Bertz CT molecular complexity index is 311. The molecular formula is C14H22FNO. The van der Waals surface area contributed by atoms with Crippen molar-refractivity contribution in [3.63, 3.8) is 0 Å². The lowest BCUT2D eigenvalue weighted by atomic mass is 10.0. The topological polar surface area (TPSA) is 32.3 Å². The average Bonchev–Trinajstić information content (AvgIpc) is 2.30. The number of hydrogen-bond donors (Lipinski definition) is 2. The first-order valence-electron chi connectivity index (χ1n) is 6.30. The largest absolute Gasteiger partial charge is 0.392 e. The van der Waals surface area contributed by atoms with Gasteiger partial charge in [0.2, 0.25) is 0 Å². The third kappa shape index (κ3) is 5.29. The van der Waals surface area contributed by atoms with Crippen molar-refractivity contribution in [2.24, 2.45) is 0 Å². The van der Waals surface area contributed by atoms with E-state index in [1.165, 1.54) is 12.1 Å². The molecule has 1 rings (SSSR count). The number of halogens is 1. The highest BCUT2D eigenvalue weighted by Crippen LogP contribution is 2.19. The molecule has 0 heterocycles. The maximum absolute atomic E-state index is 12.9. The SMILES string of the molecule is CCCCC(NCC(C)O)c1ccc(F)cc1. The van der Waals surface area contributed by atoms with Crippen molar-refractivity contribution in [1.82, 2.24) is 5.32 Å². The second kappa shape index (κ2) is 7.41. The molecule has 0 bridgehead atoms. The Morgan fingerprint density at radius 2 is 1.94 bits per heavy atom. The maximum Gasteiger partial charge on any atom is 0.123 e. The Morgan fingerprint density at radius 3 is 2.47 bits per heavy atom. The predicted molar refractivity (Wildman–Crippen MR) is 68.3 cm³/mol. The van der Waals surface area contributed by atoms with E-state index in [0.29, 0.717) is 6.54 Å². The van der Waals surface area contributed by atoms with Gasteiger partial charge in [-0.1, -0.05) is 31.9 Å². The quantitative estimate of drug-likeness (QED) is 0.766. The van der Waals surface area contributed by atoms with Gasteiger partial charge in [-0.05, 0) is 31.0 Å². The second-order valence-corrected chi connectivity index (χ2v) is 4.50. The lowest BCUT2D eigenvalue weighted by Gasteiger charge is -2.20. The van der Waals surface area contributed by atoms with Gasteiger partial charge in [-0.2, -0.15) is 0 Å². The Hall–Kier alpha value is -0.930. The highest BCUT2D eigenvalue weighted by Gasteiger charge is 2.11. The van der Waals surface area contributed by atoms with Crippen LogP contribution in [0, 0.1) is 5.82 Å². The van der Waals surface area contributed by atoms with E-state index in [4.69, 9.17) is 0 Å². The average molecular weight is 239 g/mol. The van der Waals surface area contributed by atoms with Crippen LogP contribution in [-0.4, -0.2) is 17.8 Å². The van der Waals surface area contributed by atoms with Gasteiger partial charge in [-0.15, -0.1) is 0 Å². The molecule has 2 N–H and O–H groups in total. The first-order valence-corrected chi connectivity index (χ1v) is 6.30. The number of rotatable bonds is 7. The van der Waals surface area contributed by atoms with Crippen molar-refractivity contribution < 1.29 is 9.50 Å². The smallest absolute Gasteiger partial charge is 0.123 e. The molecule has 96 valence electrons. The van der Waals surface area contributed by atoms with Crippen LogP contribution in [0.5, 0.6) is 0 Å². The van der Waals surface area contributed by atoms with Crippen molar-refractivity contribution in [1.29, 1.82) is 0 Å². The minimum absolute atomic E-state index is 0.199. The summed E-state index contributed by atoms with van der Waals surface area (Å²) in [6.45, 7) is 4.47. The number of hydrogen-bond acceptors (Lipinski definition) is 2. The van der Waals surface area contributed by atoms with Crippen LogP contribution < -0.4 is 5.32 Å². The Labute approximate surface area is 103 Å². The fraction of sp³-hybridized carbons (Fsp3) is 0.571. The lowest BCUT2D eigenvalue weighted by Crippen LogP contribution is -2.28. The van der Waals surface area contributed by atoms with Crippen molar-refractivity contribution in [3.05, 3.63) is 35.6 Å². The lowest BCUT2D eigenvalue weighted by molar-refractivity contribution is 0.185. The minimum atomic E-state index is -0.362. The molecular weight excluding hydrogens is 217 g/mol. The minimum Gasteiger partial charge on any atom is -0.392 e. The summed E-state index contributed by atoms with van der Waals surface area (Å²) in [4.78, 5) is 0. The molecule has 0 radical (unpaired) electrons. The zero-order valence-corrected chi connectivity index (χ0v) is 10.6. The van der Waals surface area contributed by atoms with Gasteiger partial charge in [0.15, 0.2) is 0 Å². The molecule has 0 amide bonds. The number of unbranched alkanes of at least 4 members (excludes halogenated alkanes) is 1. The Kier molecular flexibility index (Phi) is 6.16. The summed E-state index contributed by atoms with van der Waals surface area (Å²) in [6.07, 6.45) is 2.90. The highest BCUT2D eigenvalue weighted by atomic mass is 19.1. The van der Waals surface area contributed by atoms with Gasteiger partial charge in [0.1, 0.15) is 5.82 Å². The van der Waals surface area contributed by atoms with E-state index in [1.807, 2.05) is 12.1 Å². The molecule has 0 fully saturated rings. The summed E-state index contributed by atoms with van der Waals surface area (Å²) in [5.41, 5.74) is 1.08. The van der Waals surface area contributed by atoms with E-state index in [9.17, 15) is 9.50 Å². The second-order valence-electron chi connectivity index (χ2n) is 4.50. The summed E-state index contributed by atoms with van der Waals surface area (Å²) < 4.78 is 12.9. The first-order chi connectivity index (χ1) is 8.13. The molecule has 0 aliphatic heterocycles. The van der Waals surface area contributed by atoms with Crippen molar-refractivity contribution >= 4 is 0 Å². The van der Waals surface area contributed by atoms with Crippen LogP contribution in [0.4, 0.5) is 4.39 Å². The van der Waals surface area contributed by atoms with Crippen LogP contribution in [0.25, 0.3) is 0 Å². The van der Waals surface area contributed by atoms with Crippen LogP contribution in [0.3, 0.4) is 0 Å². The molecule has 3 heteroatoms. The van der Waals surface area contributed by atoms with Gasteiger partial charge in [-0.25, -0.2) is 4.39 Å². The maximum atomic E-state index is 12.9. The predicted octanol–water partition coefficient (Wildman–Crippen LogP) is 3.03. The molecule has 1 aromatic rings. The van der Waals surface area contributed by atoms with Crippen LogP contribution in [0.1, 0.15) is 44.7 Å². The van der Waals surface area contributed by atoms with Crippen molar-refractivity contribution in [2.45, 2.75) is 45.3 Å². The molecule has 17 heavy (non-hydrogen) atoms. The van der Waals surface area contributed by atoms with Gasteiger partial charge in [-0.3, -0.25) is 0 Å². The van der Waals surface area contributed by atoms with E-state index in [-0.39, 0.29) is 18.0 Å². The number of aliphatic hydroxyl groups excluding tert-OH is 1. The fourth-order valence-electron chi connectivity index (χ4n) is 1.80. The van der Waals surface area contributed by atoms with Crippen LogP contribution >= 0.6 is 0 Å². The summed E-state index contributed by atoms with van der Waals surface area (Å²) in [7, 11) is 0. The molecule has 1 aromatic carbocycles. The molecule has 0 aliphatic rings. The summed E-state index contributed by atoms with van der Waals surface area (Å²) in [5.74, 6) is -0.210. The van der Waals surface area contributed by atoms with E-state index >= 15 is 0 Å². The van der Waals surface area contributed by atoms with E-state index in [2.05, 4.69) is 12.2 Å². The number of benzene rings is 1. The first kappa shape index (κ1) is 14.1. The molecule has 2 nitrogen and oxygen atoms in total. The zero-order valence-electron chi connectivity index (χ0n) is 10.6. The van der Waals surface area contributed by atoms with Crippen molar-refractivity contribution in [3.8, 4) is 0 Å². The van der Waals surface area contributed by atoms with E-state index < -0.39 is 0 Å². The molecule has 0 saturated carbocycles. The van der Waals surface area contributed by atoms with Crippen LogP contribution in [-0.2, 0) is 0 Å². The van der Waals surface area contributed by atoms with Gasteiger partial charge in [0.25, 0.3) is 0 Å². The molecule has 2 unspecified atom stereocenters. The van der Waals surface area contributed by atoms with Gasteiger partial charge in [0, 0.05) is 12.6 Å². The summed E-state index contributed by atoms with van der Waals surface area (Å²) in [5, 5.41) is 12.6. The van der Waals surface area contributed by atoms with Crippen molar-refractivity contribution in [2.75, 3.05) is 6.54 Å². The van der Waals surface area contributed by atoms with Crippen LogP contribution in [0.2, 0.25) is 0 Å². The summed E-state index contributed by atoms with van der Waals surface area (Å²) >= 11 is 0. The summed E-state index contributed by atoms with van der Waals surface area (Å²) in [6, 6.07) is 6.79. The number of nitrogens with one attached hydrogen (secondary N) is 1. The molecule has 2 atom stereocenters. The zero-order chi connectivity index (χ0) is 12.7. The third-order valence-corrected chi connectivity index (χ3v) is 2.78. The normalized spacial score (nSPS) is 14.6. The van der Waals surface area contributed by atoms with E-state index in [1.54, 1.807) is 6.92 Å². The Balaban J connectivity index is 2.63. The highest BCUT2D eigenvalue weighted by molar-refractivity contribution is 5.19. The molecule has 0 spiro atoms. The standard InChI is InChI=1S/C14H22FNO/c1-3-4-5-14(16-10-11(2)17)12-6-8-13(15)9-7-12/h6-9,11,14,16-17H,3-5,10H2,1-2H3. The van der Waals surface area contributed by atoms with E-state index in [0.717, 1.165) is 24.8 Å². The van der Waals surface area contributed by atoms with Gasteiger partial charge >= 0.3 is 0 Å². The fourth-order valence-corrected chi connectivity index (χ4v) is 1.80.